The minimum Gasteiger partial charge on any atom is -0.309 e. The van der Waals surface area contributed by atoms with E-state index < -0.39 is 0 Å². The standard InChI is InChI=1S/C38H22N4/c1-4-16-32-25(11-1)26-12-2-5-17-33(26)41(32)24-19-20-28-27-13-3-6-18-34(27)42(35(28)21-24)38-39-22-31-29-14-7-9-23-10-8-15-30(36(23)29)37(31)40-38/h1-22H. The molecule has 3 heterocycles. The molecular formula is C38H22N4. The van der Waals surface area contributed by atoms with Crippen molar-refractivity contribution < 1.29 is 0 Å². The van der Waals surface area contributed by atoms with Gasteiger partial charge in [0.15, 0.2) is 0 Å². The molecule has 1 aliphatic carbocycles. The molecule has 3 aromatic heterocycles. The number of aromatic nitrogens is 4. The molecule has 0 N–H and O–H groups in total. The Morgan fingerprint density at radius 1 is 0.452 bits per heavy atom. The number of rotatable bonds is 2. The van der Waals surface area contributed by atoms with Crippen LogP contribution in [0.1, 0.15) is 0 Å². The molecule has 0 fully saturated rings. The summed E-state index contributed by atoms with van der Waals surface area (Å²) in [6.45, 7) is 0. The van der Waals surface area contributed by atoms with Crippen LogP contribution in [0.3, 0.4) is 0 Å². The van der Waals surface area contributed by atoms with Gasteiger partial charge in [-0.2, -0.15) is 0 Å². The van der Waals surface area contributed by atoms with Crippen LogP contribution >= 0.6 is 0 Å². The number of hydrogen-bond acceptors (Lipinski definition) is 2. The maximum absolute atomic E-state index is 5.27. The van der Waals surface area contributed by atoms with Crippen LogP contribution in [0.15, 0.2) is 134 Å². The highest BCUT2D eigenvalue weighted by Crippen LogP contribution is 2.46. The van der Waals surface area contributed by atoms with Crippen molar-refractivity contribution in [3.05, 3.63) is 134 Å². The number of hydrogen-bond donors (Lipinski definition) is 0. The minimum absolute atomic E-state index is 0.684. The van der Waals surface area contributed by atoms with Gasteiger partial charge in [0.1, 0.15) is 0 Å². The van der Waals surface area contributed by atoms with E-state index in [4.69, 9.17) is 9.97 Å². The Morgan fingerprint density at radius 3 is 1.74 bits per heavy atom. The van der Waals surface area contributed by atoms with Crippen LogP contribution in [0.4, 0.5) is 0 Å². The van der Waals surface area contributed by atoms with Gasteiger partial charge >= 0.3 is 0 Å². The van der Waals surface area contributed by atoms with Crippen molar-refractivity contribution in [3.63, 3.8) is 0 Å². The summed E-state index contributed by atoms with van der Waals surface area (Å²) in [5.41, 5.74) is 10.2. The molecule has 0 radical (unpaired) electrons. The second-order valence-electron chi connectivity index (χ2n) is 11.1. The fourth-order valence-electron chi connectivity index (χ4n) is 7.16. The Balaban J connectivity index is 1.27. The first-order valence-corrected chi connectivity index (χ1v) is 14.3. The second-order valence-corrected chi connectivity index (χ2v) is 11.1. The van der Waals surface area contributed by atoms with Crippen molar-refractivity contribution >= 4 is 54.4 Å². The highest BCUT2D eigenvalue weighted by molar-refractivity contribution is 6.15. The monoisotopic (exact) mass is 534 g/mol. The molecule has 0 saturated carbocycles. The third kappa shape index (κ3) is 2.76. The van der Waals surface area contributed by atoms with Crippen molar-refractivity contribution in [1.29, 1.82) is 0 Å². The van der Waals surface area contributed by atoms with Gasteiger partial charge in [-0.15, -0.1) is 0 Å². The normalized spacial score (nSPS) is 12.3. The summed E-state index contributed by atoms with van der Waals surface area (Å²) in [7, 11) is 0. The van der Waals surface area contributed by atoms with E-state index in [2.05, 4.69) is 137 Å². The van der Waals surface area contributed by atoms with Crippen LogP contribution in [-0.4, -0.2) is 19.1 Å². The van der Waals surface area contributed by atoms with Gasteiger partial charge in [0.2, 0.25) is 5.95 Å². The lowest BCUT2D eigenvalue weighted by atomic mass is 10.0. The van der Waals surface area contributed by atoms with E-state index in [0.29, 0.717) is 5.95 Å². The van der Waals surface area contributed by atoms with Gasteiger partial charge in [-0.3, -0.25) is 4.57 Å². The molecule has 0 unspecified atom stereocenters. The SMILES string of the molecule is c1cc2c3c(cccc3c1)-c1nc(-n3c4ccccc4c4ccc(-n5c6ccccc6c6ccccc65)cc43)ncc1-2. The van der Waals surface area contributed by atoms with Crippen LogP contribution in [0, 0.1) is 0 Å². The highest BCUT2D eigenvalue weighted by atomic mass is 15.2. The minimum atomic E-state index is 0.684. The maximum Gasteiger partial charge on any atom is 0.235 e. The van der Waals surface area contributed by atoms with Crippen molar-refractivity contribution in [2.75, 3.05) is 0 Å². The molecule has 10 rings (SSSR count). The number of para-hydroxylation sites is 3. The van der Waals surface area contributed by atoms with Crippen LogP contribution in [0.2, 0.25) is 0 Å². The second kappa shape index (κ2) is 7.93. The van der Waals surface area contributed by atoms with Gasteiger partial charge in [-0.1, -0.05) is 97.1 Å². The van der Waals surface area contributed by atoms with Crippen LogP contribution < -0.4 is 0 Å². The Kier molecular flexibility index (Phi) is 4.15. The summed E-state index contributed by atoms with van der Waals surface area (Å²) in [6.07, 6.45) is 2.00. The van der Waals surface area contributed by atoms with E-state index in [1.165, 1.54) is 54.5 Å². The molecule has 4 nitrogen and oxygen atoms in total. The Bertz CT molecular complexity index is 2530. The lowest BCUT2D eigenvalue weighted by Crippen LogP contribution is -2.02. The summed E-state index contributed by atoms with van der Waals surface area (Å²) >= 11 is 0. The molecule has 0 amide bonds. The van der Waals surface area contributed by atoms with Gasteiger partial charge in [0, 0.05) is 44.6 Å². The Hall–Kier alpha value is -5.74. The number of benzene rings is 6. The molecule has 6 aromatic carbocycles. The Morgan fingerprint density at radius 2 is 1.05 bits per heavy atom. The fraction of sp³-hybridized carbons (Fsp3) is 0. The Labute approximate surface area is 240 Å². The third-order valence-electron chi connectivity index (χ3n) is 8.92. The number of nitrogens with zero attached hydrogens (tertiary/aromatic N) is 4. The van der Waals surface area contributed by atoms with Gasteiger partial charge in [-0.25, -0.2) is 9.97 Å². The lowest BCUT2D eigenvalue weighted by molar-refractivity contribution is 0.995. The van der Waals surface area contributed by atoms with Gasteiger partial charge < -0.3 is 4.57 Å². The topological polar surface area (TPSA) is 35.6 Å². The summed E-state index contributed by atoms with van der Waals surface area (Å²) in [5.74, 6) is 0.684. The highest BCUT2D eigenvalue weighted by Gasteiger charge is 2.25. The molecule has 1 aliphatic rings. The average molecular weight is 535 g/mol. The van der Waals surface area contributed by atoms with Crippen LogP contribution in [-0.2, 0) is 0 Å². The molecule has 9 aromatic rings. The smallest absolute Gasteiger partial charge is 0.235 e. The number of fused-ring (bicyclic) bond motifs is 9. The third-order valence-corrected chi connectivity index (χ3v) is 8.92. The first-order chi connectivity index (χ1) is 20.8. The summed E-state index contributed by atoms with van der Waals surface area (Å²) in [4.78, 5) is 10.3. The van der Waals surface area contributed by atoms with E-state index in [-0.39, 0.29) is 0 Å². The predicted molar refractivity (Wildman–Crippen MR) is 173 cm³/mol. The summed E-state index contributed by atoms with van der Waals surface area (Å²) in [6, 6.07) is 45.6. The molecule has 194 valence electrons. The van der Waals surface area contributed by atoms with E-state index in [0.717, 1.165) is 28.0 Å². The zero-order valence-electron chi connectivity index (χ0n) is 22.5. The van der Waals surface area contributed by atoms with E-state index in [1.54, 1.807) is 0 Å². The van der Waals surface area contributed by atoms with Crippen LogP contribution in [0.5, 0.6) is 0 Å². The van der Waals surface area contributed by atoms with Gasteiger partial charge in [0.25, 0.3) is 0 Å². The van der Waals surface area contributed by atoms with Gasteiger partial charge in [-0.05, 0) is 46.7 Å². The van der Waals surface area contributed by atoms with Crippen molar-refractivity contribution in [2.45, 2.75) is 0 Å². The molecule has 0 saturated heterocycles. The average Bonchev–Trinajstić information content (AvgIpc) is 3.68. The molecule has 0 spiro atoms. The van der Waals surface area contributed by atoms with Gasteiger partial charge in [0.05, 0.1) is 27.8 Å². The predicted octanol–water partition coefficient (Wildman–Crippen LogP) is 9.47. The van der Waals surface area contributed by atoms with Crippen molar-refractivity contribution in [2.24, 2.45) is 0 Å². The van der Waals surface area contributed by atoms with E-state index >= 15 is 0 Å². The molecular weight excluding hydrogens is 512 g/mol. The molecule has 0 aliphatic heterocycles. The summed E-state index contributed by atoms with van der Waals surface area (Å²) in [5, 5.41) is 7.38. The molecule has 42 heavy (non-hydrogen) atoms. The first-order valence-electron chi connectivity index (χ1n) is 14.3. The lowest BCUT2D eigenvalue weighted by Gasteiger charge is -2.11. The first kappa shape index (κ1) is 22.0. The fourth-order valence-corrected chi connectivity index (χ4v) is 7.16. The largest absolute Gasteiger partial charge is 0.309 e. The zero-order valence-corrected chi connectivity index (χ0v) is 22.5. The van der Waals surface area contributed by atoms with Crippen molar-refractivity contribution in [3.8, 4) is 34.0 Å². The van der Waals surface area contributed by atoms with Crippen LogP contribution in [0.25, 0.3) is 88.4 Å². The molecule has 4 heteroatoms. The quantitative estimate of drug-likeness (QED) is 0.221. The van der Waals surface area contributed by atoms with E-state index in [1.807, 2.05) is 6.20 Å². The summed E-state index contributed by atoms with van der Waals surface area (Å²) < 4.78 is 4.60. The zero-order chi connectivity index (χ0) is 27.4. The van der Waals surface area contributed by atoms with Crippen molar-refractivity contribution in [1.82, 2.24) is 19.1 Å². The maximum atomic E-state index is 5.27. The van der Waals surface area contributed by atoms with E-state index in [9.17, 15) is 0 Å². The molecule has 0 bridgehead atoms. The molecule has 0 atom stereocenters.